The topological polar surface area (TPSA) is 38.3 Å². The van der Waals surface area contributed by atoms with E-state index in [1.165, 1.54) is 0 Å². The molecule has 2 aromatic rings. The zero-order valence-electron chi connectivity index (χ0n) is 11.8. The van der Waals surface area contributed by atoms with Crippen LogP contribution in [0.15, 0.2) is 46.9 Å². The molecule has 0 aliphatic carbocycles. The molecule has 0 aliphatic rings. The summed E-state index contributed by atoms with van der Waals surface area (Å²) in [5, 5.41) is 3.12. The first-order chi connectivity index (χ1) is 10.6. The van der Waals surface area contributed by atoms with E-state index in [1.807, 2.05) is 24.3 Å². The highest BCUT2D eigenvalue weighted by atomic mass is 79.9. The van der Waals surface area contributed by atoms with Crippen LogP contribution in [0.2, 0.25) is 5.02 Å². The smallest absolute Gasteiger partial charge is 0.253 e. The summed E-state index contributed by atoms with van der Waals surface area (Å²) in [6.07, 6.45) is 0. The molecule has 2 rings (SSSR count). The predicted molar refractivity (Wildman–Crippen MR) is 91.4 cm³/mol. The van der Waals surface area contributed by atoms with Gasteiger partial charge in [-0.3, -0.25) is 4.79 Å². The van der Waals surface area contributed by atoms with Crippen molar-refractivity contribution in [2.75, 3.05) is 13.7 Å². The Bertz CT molecular complexity index is 750. The van der Waals surface area contributed by atoms with E-state index in [1.54, 1.807) is 25.3 Å². The zero-order chi connectivity index (χ0) is 15.9. The Hall–Kier alpha value is -1.96. The third-order valence-corrected chi connectivity index (χ3v) is 3.66. The van der Waals surface area contributed by atoms with Crippen LogP contribution in [0.1, 0.15) is 15.9 Å². The Morgan fingerprint density at radius 3 is 2.86 bits per heavy atom. The van der Waals surface area contributed by atoms with Crippen LogP contribution in [0.4, 0.5) is 0 Å². The number of nitrogens with one attached hydrogen (secondary N) is 1. The highest BCUT2D eigenvalue weighted by Gasteiger charge is 2.09. The summed E-state index contributed by atoms with van der Waals surface area (Å²) in [7, 11) is 1.59. The van der Waals surface area contributed by atoms with Crippen molar-refractivity contribution in [3.63, 3.8) is 0 Å². The van der Waals surface area contributed by atoms with Crippen LogP contribution in [0.5, 0.6) is 5.75 Å². The van der Waals surface area contributed by atoms with Gasteiger partial charge < -0.3 is 10.1 Å². The van der Waals surface area contributed by atoms with Crippen LogP contribution in [-0.4, -0.2) is 19.6 Å². The monoisotopic (exact) mass is 377 g/mol. The molecule has 22 heavy (non-hydrogen) atoms. The van der Waals surface area contributed by atoms with Gasteiger partial charge in [0.25, 0.3) is 5.91 Å². The van der Waals surface area contributed by atoms with Crippen LogP contribution >= 0.6 is 27.5 Å². The number of ether oxygens (including phenoxy) is 1. The minimum atomic E-state index is -0.263. The third kappa shape index (κ3) is 4.27. The first-order valence-corrected chi connectivity index (χ1v) is 7.64. The van der Waals surface area contributed by atoms with Gasteiger partial charge in [-0.05, 0) is 30.3 Å². The van der Waals surface area contributed by atoms with E-state index >= 15 is 0 Å². The molecule has 0 atom stereocenters. The minimum absolute atomic E-state index is 0.222. The molecular formula is C17H13BrClNO2. The molecule has 0 saturated carbocycles. The standard InChI is InChI=1S/C17H13BrClNO2/c1-22-16-7-3-2-5-12(16)6-4-10-20-17(21)14-11-13(18)8-9-15(14)19/h2-3,5,7-9,11H,10H2,1H3,(H,20,21). The molecule has 0 radical (unpaired) electrons. The maximum Gasteiger partial charge on any atom is 0.253 e. The van der Waals surface area contributed by atoms with E-state index in [0.717, 1.165) is 10.0 Å². The van der Waals surface area contributed by atoms with Gasteiger partial charge in [-0.2, -0.15) is 0 Å². The Morgan fingerprint density at radius 2 is 2.09 bits per heavy atom. The number of para-hydroxylation sites is 1. The van der Waals surface area contributed by atoms with Crippen molar-refractivity contribution >= 4 is 33.4 Å². The summed E-state index contributed by atoms with van der Waals surface area (Å²) >= 11 is 9.32. The predicted octanol–water partition coefficient (Wildman–Crippen LogP) is 3.89. The largest absolute Gasteiger partial charge is 0.495 e. The van der Waals surface area contributed by atoms with Crippen LogP contribution < -0.4 is 10.1 Å². The van der Waals surface area contributed by atoms with Crippen molar-refractivity contribution in [1.29, 1.82) is 0 Å². The molecule has 0 saturated heterocycles. The van der Waals surface area contributed by atoms with E-state index in [2.05, 4.69) is 33.1 Å². The van der Waals surface area contributed by atoms with Gasteiger partial charge in [0.2, 0.25) is 0 Å². The maximum atomic E-state index is 12.0. The lowest BCUT2D eigenvalue weighted by Crippen LogP contribution is -2.23. The third-order valence-electron chi connectivity index (χ3n) is 2.84. The van der Waals surface area contributed by atoms with Gasteiger partial charge in [-0.15, -0.1) is 0 Å². The zero-order valence-corrected chi connectivity index (χ0v) is 14.2. The lowest BCUT2D eigenvalue weighted by atomic mass is 10.2. The first kappa shape index (κ1) is 16.4. The number of benzene rings is 2. The summed E-state index contributed by atoms with van der Waals surface area (Å²) in [5.41, 5.74) is 1.19. The SMILES string of the molecule is COc1ccccc1C#CCNC(=O)c1cc(Br)ccc1Cl. The van der Waals surface area contributed by atoms with Gasteiger partial charge in [0.15, 0.2) is 0 Å². The molecule has 0 aliphatic heterocycles. The van der Waals surface area contributed by atoms with Crippen molar-refractivity contribution < 1.29 is 9.53 Å². The van der Waals surface area contributed by atoms with E-state index in [-0.39, 0.29) is 12.5 Å². The van der Waals surface area contributed by atoms with Crippen molar-refractivity contribution in [2.24, 2.45) is 0 Å². The number of rotatable bonds is 3. The molecule has 0 heterocycles. The second-order valence-corrected chi connectivity index (χ2v) is 5.63. The van der Waals surface area contributed by atoms with Gasteiger partial charge in [0, 0.05) is 4.47 Å². The Balaban J connectivity index is 2.01. The number of amides is 1. The van der Waals surface area contributed by atoms with Crippen LogP contribution in [0.3, 0.4) is 0 Å². The average molecular weight is 379 g/mol. The normalized spacial score (nSPS) is 9.59. The fourth-order valence-electron chi connectivity index (χ4n) is 1.78. The molecule has 0 unspecified atom stereocenters. The quantitative estimate of drug-likeness (QED) is 0.823. The fraction of sp³-hybridized carbons (Fsp3) is 0.118. The summed E-state index contributed by atoms with van der Waals surface area (Å²) in [6.45, 7) is 0.222. The number of hydrogen-bond donors (Lipinski definition) is 1. The number of hydrogen-bond acceptors (Lipinski definition) is 2. The summed E-state index contributed by atoms with van der Waals surface area (Å²) < 4.78 is 6.00. The van der Waals surface area contributed by atoms with Crippen molar-refractivity contribution in [3.8, 4) is 17.6 Å². The number of methoxy groups -OCH3 is 1. The molecular weight excluding hydrogens is 366 g/mol. The number of halogens is 2. The molecule has 112 valence electrons. The highest BCUT2D eigenvalue weighted by Crippen LogP contribution is 2.20. The average Bonchev–Trinajstić information content (AvgIpc) is 2.54. The molecule has 1 amide bonds. The second kappa shape index (κ2) is 7.88. The van der Waals surface area contributed by atoms with Gasteiger partial charge in [0.1, 0.15) is 5.75 Å². The summed E-state index contributed by atoms with van der Waals surface area (Å²) in [4.78, 5) is 12.0. The Labute approximate surface area is 142 Å². The highest BCUT2D eigenvalue weighted by molar-refractivity contribution is 9.10. The fourth-order valence-corrected chi connectivity index (χ4v) is 2.34. The molecule has 0 spiro atoms. The second-order valence-electron chi connectivity index (χ2n) is 4.31. The number of carbonyl (C=O) groups excluding carboxylic acids is 1. The Kier molecular flexibility index (Phi) is 5.88. The molecule has 1 N–H and O–H groups in total. The van der Waals surface area contributed by atoms with E-state index < -0.39 is 0 Å². The van der Waals surface area contributed by atoms with Gasteiger partial charge in [0.05, 0.1) is 29.8 Å². The van der Waals surface area contributed by atoms with Crippen LogP contribution in [0, 0.1) is 11.8 Å². The van der Waals surface area contributed by atoms with Crippen molar-refractivity contribution in [1.82, 2.24) is 5.32 Å². The lowest BCUT2D eigenvalue weighted by molar-refractivity contribution is 0.0959. The van der Waals surface area contributed by atoms with Crippen LogP contribution in [-0.2, 0) is 0 Å². The maximum absolute atomic E-state index is 12.0. The first-order valence-electron chi connectivity index (χ1n) is 6.47. The molecule has 5 heteroatoms. The van der Waals surface area contributed by atoms with E-state index in [0.29, 0.717) is 16.3 Å². The molecule has 0 fully saturated rings. The summed E-state index contributed by atoms with van der Waals surface area (Å²) in [6, 6.07) is 12.6. The number of carbonyl (C=O) groups is 1. The minimum Gasteiger partial charge on any atom is -0.495 e. The van der Waals surface area contributed by atoms with E-state index in [9.17, 15) is 4.79 Å². The van der Waals surface area contributed by atoms with Gasteiger partial charge in [-0.1, -0.05) is 51.5 Å². The van der Waals surface area contributed by atoms with Crippen molar-refractivity contribution in [2.45, 2.75) is 0 Å². The van der Waals surface area contributed by atoms with Gasteiger partial charge >= 0.3 is 0 Å². The molecule has 3 nitrogen and oxygen atoms in total. The molecule has 0 bridgehead atoms. The Morgan fingerprint density at radius 1 is 1.32 bits per heavy atom. The van der Waals surface area contributed by atoms with Gasteiger partial charge in [-0.25, -0.2) is 0 Å². The van der Waals surface area contributed by atoms with Crippen LogP contribution in [0.25, 0.3) is 0 Å². The van der Waals surface area contributed by atoms with E-state index in [4.69, 9.17) is 16.3 Å². The summed E-state index contributed by atoms with van der Waals surface area (Å²) in [5.74, 6) is 6.30. The lowest BCUT2D eigenvalue weighted by Gasteiger charge is -2.04. The molecule has 2 aromatic carbocycles. The molecule has 0 aromatic heterocycles. The van der Waals surface area contributed by atoms with Crippen molar-refractivity contribution in [3.05, 3.63) is 63.1 Å².